The van der Waals surface area contributed by atoms with Crippen LogP contribution in [0.1, 0.15) is 120 Å². The van der Waals surface area contributed by atoms with Crippen molar-refractivity contribution in [1.29, 1.82) is 0 Å². The molecular weight excluding hydrogens is 435 g/mol. The molecule has 32 heavy (non-hydrogen) atoms. The smallest absolute Gasteiger partial charge is 0.308 e. The molecule has 0 fully saturated rings. The number of rotatable bonds is 22. The van der Waals surface area contributed by atoms with Gasteiger partial charge in [0.2, 0.25) is 0 Å². The molecule has 0 spiro atoms. The highest BCUT2D eigenvalue weighted by Crippen LogP contribution is 2.69. The zero-order valence-corrected chi connectivity index (χ0v) is 25.0. The molecule has 0 unspecified atom stereocenters. The first kappa shape index (κ1) is 34.7. The van der Waals surface area contributed by atoms with Gasteiger partial charge in [-0.3, -0.25) is 0 Å². The van der Waals surface area contributed by atoms with Gasteiger partial charge in [0.15, 0.2) is 0 Å². The molecule has 0 aliphatic heterocycles. The minimum atomic E-state index is -1.71. The highest BCUT2D eigenvalue weighted by molar-refractivity contribution is 7.66. The Kier molecular flexibility index (Phi) is 23.9. The van der Waals surface area contributed by atoms with Crippen molar-refractivity contribution in [2.75, 3.05) is 52.4 Å². The van der Waals surface area contributed by atoms with Crippen LogP contribution in [0.2, 0.25) is 0 Å². The lowest BCUT2D eigenvalue weighted by atomic mass is 10.1. The van der Waals surface area contributed by atoms with E-state index in [1.54, 1.807) is 0 Å². The maximum absolute atomic E-state index is 3.00. The van der Waals surface area contributed by atoms with Gasteiger partial charge in [0.05, 0.1) is 0 Å². The summed E-state index contributed by atoms with van der Waals surface area (Å²) >= 11 is 0. The topological polar surface area (TPSA) is 13.0 Å². The van der Waals surface area contributed by atoms with Crippen LogP contribution in [0, 0.1) is 0 Å². The summed E-state index contributed by atoms with van der Waals surface area (Å²) in [6.45, 7) is 28.3. The highest BCUT2D eigenvalue weighted by Gasteiger charge is 2.58. The summed E-state index contributed by atoms with van der Waals surface area (Å²) in [7, 11) is -1.71. The fourth-order valence-corrected chi connectivity index (χ4v) is 10.3. The molecule has 0 N–H and O–H groups in total. The van der Waals surface area contributed by atoms with Gasteiger partial charge in [0, 0.05) is 52.4 Å². The third-order valence-corrected chi connectivity index (χ3v) is 11.9. The number of nitrogens with zero attached hydrogens (tertiary/aromatic N) is 4. The first-order valence-corrected chi connectivity index (χ1v) is 15.6. The molecule has 0 aromatic rings. The van der Waals surface area contributed by atoms with Crippen molar-refractivity contribution >= 4 is 7.87 Å². The molecule has 6 heteroatoms. The molecule has 0 aromatic heterocycles. The Morgan fingerprint density at radius 1 is 0.375 bits per heavy atom. The van der Waals surface area contributed by atoms with Crippen LogP contribution in [0.25, 0.3) is 0 Å². The zero-order chi connectivity index (χ0) is 23.5. The Morgan fingerprint density at radius 2 is 0.656 bits per heavy atom. The fraction of sp³-hybridized carbons (Fsp3) is 1.00. The van der Waals surface area contributed by atoms with Crippen molar-refractivity contribution in [3.05, 3.63) is 0 Å². The lowest BCUT2D eigenvalue weighted by Crippen LogP contribution is -3.00. The van der Waals surface area contributed by atoms with Crippen LogP contribution >= 0.6 is 7.87 Å². The zero-order valence-electron chi connectivity index (χ0n) is 23.3. The summed E-state index contributed by atoms with van der Waals surface area (Å²) in [5.74, 6) is 0. The van der Waals surface area contributed by atoms with Crippen LogP contribution in [-0.2, 0) is 0 Å². The van der Waals surface area contributed by atoms with E-state index in [-0.39, 0.29) is 12.4 Å². The molecule has 0 saturated heterocycles. The van der Waals surface area contributed by atoms with E-state index < -0.39 is 7.87 Å². The summed E-state index contributed by atoms with van der Waals surface area (Å²) in [4.78, 5) is 0. The molecule has 0 amide bonds. The summed E-state index contributed by atoms with van der Waals surface area (Å²) in [6, 6.07) is 0. The third-order valence-electron chi connectivity index (χ3n) is 6.75. The molecule has 0 saturated carbocycles. The van der Waals surface area contributed by atoms with Gasteiger partial charge in [0.25, 0.3) is 0 Å². The molecule has 0 heterocycles. The quantitative estimate of drug-likeness (QED) is 0.156. The molecule has 0 bridgehead atoms. The van der Waals surface area contributed by atoms with E-state index in [2.05, 4.69) is 74.1 Å². The lowest BCUT2D eigenvalue weighted by Gasteiger charge is -2.50. The highest BCUT2D eigenvalue weighted by atomic mass is 35.5. The van der Waals surface area contributed by atoms with Crippen LogP contribution < -0.4 is 12.4 Å². The standard InChI is InChI=1S/C26H60N4P.ClH/c1-9-17-19-21-23-25-30(26-24-22-20-18-10-2)31(27(11-3)12-4,28(13-5)14-6)29(15-7)16-8;/h9-26H2,1-8H3;1H/q+1;/p-1. The van der Waals surface area contributed by atoms with E-state index in [4.69, 9.17) is 0 Å². The maximum atomic E-state index is 3.00. The van der Waals surface area contributed by atoms with E-state index in [9.17, 15) is 0 Å². The molecule has 196 valence electrons. The minimum absolute atomic E-state index is 0. The first-order chi connectivity index (χ1) is 15.1. The average molecular weight is 495 g/mol. The lowest BCUT2D eigenvalue weighted by molar-refractivity contribution is -0.00000781. The molecule has 4 nitrogen and oxygen atoms in total. The molecule has 0 aliphatic rings. The summed E-state index contributed by atoms with van der Waals surface area (Å²) in [6.07, 6.45) is 13.7. The van der Waals surface area contributed by atoms with Crippen molar-refractivity contribution in [3.8, 4) is 0 Å². The van der Waals surface area contributed by atoms with Gasteiger partial charge >= 0.3 is 7.87 Å². The number of halogens is 1. The number of unbranched alkanes of at least 4 members (excludes halogenated alkanes) is 8. The summed E-state index contributed by atoms with van der Waals surface area (Å²) < 4.78 is 11.6. The van der Waals surface area contributed by atoms with Gasteiger partial charge < -0.3 is 12.4 Å². The Bertz CT molecular complexity index is 343. The summed E-state index contributed by atoms with van der Waals surface area (Å²) in [5.41, 5.74) is 0. The van der Waals surface area contributed by atoms with Crippen LogP contribution in [0.4, 0.5) is 0 Å². The van der Waals surface area contributed by atoms with E-state index in [0.717, 1.165) is 39.3 Å². The third kappa shape index (κ3) is 10.4. The predicted octanol–water partition coefficient (Wildman–Crippen LogP) is 4.94. The number of hydrogen-bond donors (Lipinski definition) is 0. The second-order valence-corrected chi connectivity index (χ2v) is 12.1. The van der Waals surface area contributed by atoms with Crippen molar-refractivity contribution in [1.82, 2.24) is 18.7 Å². The molecular formula is C26H60ClN4P. The van der Waals surface area contributed by atoms with Crippen molar-refractivity contribution < 1.29 is 12.4 Å². The molecule has 0 aliphatic carbocycles. The predicted molar refractivity (Wildman–Crippen MR) is 145 cm³/mol. The summed E-state index contributed by atoms with van der Waals surface area (Å²) in [5, 5.41) is 0. The second-order valence-electron chi connectivity index (χ2n) is 8.74. The Morgan fingerprint density at radius 3 is 0.906 bits per heavy atom. The van der Waals surface area contributed by atoms with Gasteiger partial charge in [-0.05, 0) is 54.4 Å². The fourth-order valence-electron chi connectivity index (χ4n) is 5.06. The van der Waals surface area contributed by atoms with Gasteiger partial charge in [-0.25, -0.2) is 0 Å². The van der Waals surface area contributed by atoms with Crippen molar-refractivity contribution in [2.24, 2.45) is 0 Å². The van der Waals surface area contributed by atoms with E-state index in [1.807, 2.05) is 0 Å². The Labute approximate surface area is 210 Å². The van der Waals surface area contributed by atoms with Crippen LogP contribution in [0.5, 0.6) is 0 Å². The van der Waals surface area contributed by atoms with E-state index in [1.165, 1.54) is 77.3 Å². The van der Waals surface area contributed by atoms with Gasteiger partial charge in [-0.2, -0.15) is 0 Å². The van der Waals surface area contributed by atoms with Crippen molar-refractivity contribution in [3.63, 3.8) is 0 Å². The van der Waals surface area contributed by atoms with Crippen LogP contribution in [-0.4, -0.2) is 71.0 Å². The largest absolute Gasteiger partial charge is 1.00 e. The molecule has 0 aromatic carbocycles. The van der Waals surface area contributed by atoms with Gasteiger partial charge in [-0.15, -0.1) is 18.7 Å². The molecule has 0 rings (SSSR count). The van der Waals surface area contributed by atoms with Gasteiger partial charge in [-0.1, -0.05) is 65.2 Å². The van der Waals surface area contributed by atoms with Crippen LogP contribution in [0.15, 0.2) is 0 Å². The average Bonchev–Trinajstić information content (AvgIpc) is 2.79. The van der Waals surface area contributed by atoms with Crippen molar-refractivity contribution in [2.45, 2.75) is 120 Å². The molecule has 0 radical (unpaired) electrons. The van der Waals surface area contributed by atoms with E-state index >= 15 is 0 Å². The maximum Gasteiger partial charge on any atom is 0.308 e. The van der Waals surface area contributed by atoms with Gasteiger partial charge in [0.1, 0.15) is 0 Å². The monoisotopic (exact) mass is 494 g/mol. The number of hydrogen-bond acceptors (Lipinski definition) is 4. The van der Waals surface area contributed by atoms with Crippen LogP contribution in [0.3, 0.4) is 0 Å². The SMILES string of the molecule is CCCCCCCN(CCCCCCC)[P+](N(CC)CC)(N(CC)CC)N(CC)CC.[Cl-]. The van der Waals surface area contributed by atoms with E-state index in [0.29, 0.717) is 0 Å². The normalized spacial score (nSPS) is 12.4. The first-order valence-electron chi connectivity index (χ1n) is 14.0. The molecule has 0 atom stereocenters. The second kappa shape index (κ2) is 22.1. The minimum Gasteiger partial charge on any atom is -1.00 e. The Balaban J connectivity index is 0. The Hall–Kier alpha value is 0.560.